The zero-order valence-corrected chi connectivity index (χ0v) is 7.57. The Balaban J connectivity index is 3.71. The SMILES string of the molecule is CSC[C@H](N)C(=O)C(C)C. The molecule has 0 saturated carbocycles. The number of thioether (sulfide) groups is 1. The van der Waals surface area contributed by atoms with E-state index in [-0.39, 0.29) is 17.7 Å². The number of carbonyl (C=O) groups excluding carboxylic acids is 1. The minimum absolute atomic E-state index is 0.0714. The minimum Gasteiger partial charge on any atom is -0.321 e. The lowest BCUT2D eigenvalue weighted by molar-refractivity contribution is -0.122. The molecule has 10 heavy (non-hydrogen) atoms. The Morgan fingerprint density at radius 2 is 2.10 bits per heavy atom. The molecule has 0 heterocycles. The normalized spacial score (nSPS) is 13.7. The fourth-order valence-corrected chi connectivity index (χ4v) is 1.21. The lowest BCUT2D eigenvalue weighted by Crippen LogP contribution is -2.35. The van der Waals surface area contributed by atoms with Gasteiger partial charge in [-0.3, -0.25) is 4.79 Å². The molecule has 0 unspecified atom stereocenters. The molecule has 60 valence electrons. The van der Waals surface area contributed by atoms with Crippen LogP contribution in [0.1, 0.15) is 13.8 Å². The molecule has 0 aromatic carbocycles. The first kappa shape index (κ1) is 9.98. The molecule has 0 radical (unpaired) electrons. The van der Waals surface area contributed by atoms with Crippen molar-refractivity contribution in [1.29, 1.82) is 0 Å². The molecular formula is C7H15NOS. The molecular weight excluding hydrogens is 146 g/mol. The van der Waals surface area contributed by atoms with Crippen molar-refractivity contribution >= 4 is 17.5 Å². The molecule has 0 aromatic heterocycles. The van der Waals surface area contributed by atoms with Crippen LogP contribution in [0.25, 0.3) is 0 Å². The van der Waals surface area contributed by atoms with Gasteiger partial charge in [0.1, 0.15) is 0 Å². The fraction of sp³-hybridized carbons (Fsp3) is 0.857. The van der Waals surface area contributed by atoms with E-state index in [2.05, 4.69) is 0 Å². The number of hydrogen-bond donors (Lipinski definition) is 1. The lowest BCUT2D eigenvalue weighted by Gasteiger charge is -2.10. The molecule has 0 saturated heterocycles. The lowest BCUT2D eigenvalue weighted by atomic mass is 10.0. The van der Waals surface area contributed by atoms with Crippen molar-refractivity contribution in [3.05, 3.63) is 0 Å². The fourth-order valence-electron chi connectivity index (χ4n) is 0.690. The molecule has 0 aromatic rings. The van der Waals surface area contributed by atoms with E-state index in [0.29, 0.717) is 0 Å². The molecule has 0 aliphatic rings. The van der Waals surface area contributed by atoms with E-state index in [0.717, 1.165) is 5.75 Å². The van der Waals surface area contributed by atoms with Crippen LogP contribution in [0.3, 0.4) is 0 Å². The molecule has 0 bridgehead atoms. The number of nitrogens with two attached hydrogens (primary N) is 1. The predicted molar refractivity (Wildman–Crippen MR) is 46.2 cm³/mol. The first-order valence-corrected chi connectivity index (χ1v) is 4.77. The second kappa shape index (κ2) is 4.74. The second-order valence-electron chi connectivity index (χ2n) is 2.62. The van der Waals surface area contributed by atoms with E-state index in [4.69, 9.17) is 5.73 Å². The van der Waals surface area contributed by atoms with Crippen LogP contribution in [-0.4, -0.2) is 23.8 Å². The van der Waals surface area contributed by atoms with Crippen LogP contribution in [0.15, 0.2) is 0 Å². The monoisotopic (exact) mass is 161 g/mol. The summed E-state index contributed by atoms with van der Waals surface area (Å²) in [6, 6.07) is -0.269. The van der Waals surface area contributed by atoms with Crippen molar-refractivity contribution in [2.24, 2.45) is 11.7 Å². The number of ketones is 1. The van der Waals surface area contributed by atoms with Crippen LogP contribution in [-0.2, 0) is 4.79 Å². The summed E-state index contributed by atoms with van der Waals surface area (Å²) in [5, 5.41) is 0. The van der Waals surface area contributed by atoms with Crippen LogP contribution in [0.4, 0.5) is 0 Å². The summed E-state index contributed by atoms with van der Waals surface area (Å²) in [6.07, 6.45) is 1.95. The predicted octanol–water partition coefficient (Wildman–Crippen LogP) is 0.902. The average Bonchev–Trinajstić information content (AvgIpc) is 1.87. The quantitative estimate of drug-likeness (QED) is 0.666. The van der Waals surface area contributed by atoms with Gasteiger partial charge in [-0.15, -0.1) is 0 Å². The van der Waals surface area contributed by atoms with E-state index >= 15 is 0 Å². The number of carbonyl (C=O) groups is 1. The molecule has 3 heteroatoms. The Kier molecular flexibility index (Phi) is 4.73. The number of rotatable bonds is 4. The zero-order chi connectivity index (χ0) is 8.15. The molecule has 0 amide bonds. The highest BCUT2D eigenvalue weighted by atomic mass is 32.2. The van der Waals surface area contributed by atoms with Crippen molar-refractivity contribution in [2.75, 3.05) is 12.0 Å². The van der Waals surface area contributed by atoms with Gasteiger partial charge in [0.2, 0.25) is 0 Å². The Morgan fingerprint density at radius 1 is 1.60 bits per heavy atom. The van der Waals surface area contributed by atoms with Crippen molar-refractivity contribution in [1.82, 2.24) is 0 Å². The van der Waals surface area contributed by atoms with Crippen molar-refractivity contribution in [3.8, 4) is 0 Å². The second-order valence-corrected chi connectivity index (χ2v) is 3.53. The number of Topliss-reactive ketones (excluding diaryl/α,β-unsaturated/α-hetero) is 1. The largest absolute Gasteiger partial charge is 0.321 e. The third-order valence-corrected chi connectivity index (χ3v) is 1.97. The molecule has 0 spiro atoms. The average molecular weight is 161 g/mol. The van der Waals surface area contributed by atoms with Crippen molar-refractivity contribution < 1.29 is 4.79 Å². The molecule has 0 fully saturated rings. The van der Waals surface area contributed by atoms with Crippen molar-refractivity contribution in [3.63, 3.8) is 0 Å². The highest BCUT2D eigenvalue weighted by molar-refractivity contribution is 7.98. The molecule has 0 aliphatic carbocycles. The van der Waals surface area contributed by atoms with Gasteiger partial charge < -0.3 is 5.73 Å². The van der Waals surface area contributed by atoms with Gasteiger partial charge >= 0.3 is 0 Å². The van der Waals surface area contributed by atoms with E-state index in [1.54, 1.807) is 11.8 Å². The first-order valence-electron chi connectivity index (χ1n) is 3.37. The van der Waals surface area contributed by atoms with E-state index < -0.39 is 0 Å². The number of hydrogen-bond acceptors (Lipinski definition) is 3. The van der Waals surface area contributed by atoms with Gasteiger partial charge in [-0.2, -0.15) is 11.8 Å². The Hall–Kier alpha value is -0.0200. The molecule has 2 N–H and O–H groups in total. The highest BCUT2D eigenvalue weighted by Crippen LogP contribution is 2.02. The van der Waals surface area contributed by atoms with Crippen LogP contribution >= 0.6 is 11.8 Å². The van der Waals surface area contributed by atoms with Gasteiger partial charge in [0, 0.05) is 11.7 Å². The molecule has 1 atom stereocenters. The maximum atomic E-state index is 11.1. The van der Waals surface area contributed by atoms with E-state index in [9.17, 15) is 4.79 Å². The molecule has 0 rings (SSSR count). The van der Waals surface area contributed by atoms with Gasteiger partial charge in [-0.1, -0.05) is 13.8 Å². The maximum absolute atomic E-state index is 11.1. The zero-order valence-electron chi connectivity index (χ0n) is 6.76. The van der Waals surface area contributed by atoms with Crippen LogP contribution in [0.5, 0.6) is 0 Å². The summed E-state index contributed by atoms with van der Waals surface area (Å²) in [5.74, 6) is 0.966. The molecule has 0 aliphatic heterocycles. The van der Waals surface area contributed by atoms with Crippen LogP contribution < -0.4 is 5.73 Å². The third-order valence-electron chi connectivity index (χ3n) is 1.28. The highest BCUT2D eigenvalue weighted by Gasteiger charge is 2.15. The smallest absolute Gasteiger partial charge is 0.152 e. The van der Waals surface area contributed by atoms with Gasteiger partial charge in [0.15, 0.2) is 5.78 Å². The Bertz CT molecular complexity index is 114. The summed E-state index contributed by atoms with van der Waals surface area (Å²) >= 11 is 1.61. The van der Waals surface area contributed by atoms with Crippen LogP contribution in [0, 0.1) is 5.92 Å². The Labute approximate surface area is 66.6 Å². The summed E-state index contributed by atoms with van der Waals surface area (Å²) in [4.78, 5) is 11.1. The van der Waals surface area contributed by atoms with E-state index in [1.807, 2.05) is 20.1 Å². The van der Waals surface area contributed by atoms with Gasteiger partial charge in [0.05, 0.1) is 6.04 Å². The van der Waals surface area contributed by atoms with Gasteiger partial charge in [0.25, 0.3) is 0 Å². The van der Waals surface area contributed by atoms with Crippen LogP contribution in [0.2, 0.25) is 0 Å². The first-order chi connectivity index (χ1) is 4.59. The molecule has 2 nitrogen and oxygen atoms in total. The Morgan fingerprint density at radius 3 is 2.40 bits per heavy atom. The summed E-state index contributed by atoms with van der Waals surface area (Å²) in [7, 11) is 0. The maximum Gasteiger partial charge on any atom is 0.152 e. The topological polar surface area (TPSA) is 43.1 Å². The van der Waals surface area contributed by atoms with Crippen molar-refractivity contribution in [2.45, 2.75) is 19.9 Å². The third kappa shape index (κ3) is 3.22. The minimum atomic E-state index is -0.269. The summed E-state index contributed by atoms with van der Waals surface area (Å²) < 4.78 is 0. The van der Waals surface area contributed by atoms with Gasteiger partial charge in [-0.25, -0.2) is 0 Å². The van der Waals surface area contributed by atoms with E-state index in [1.165, 1.54) is 0 Å². The summed E-state index contributed by atoms with van der Waals surface area (Å²) in [6.45, 7) is 3.76. The standard InChI is InChI=1S/C7H15NOS/c1-5(2)7(9)6(8)4-10-3/h5-6H,4,8H2,1-3H3/t6-/m0/s1. The summed E-state index contributed by atoms with van der Waals surface area (Å²) in [5.41, 5.74) is 5.56. The van der Waals surface area contributed by atoms with Gasteiger partial charge in [-0.05, 0) is 6.26 Å².